The number of nitrogens with one attached hydrogen (secondary N) is 1. The summed E-state index contributed by atoms with van der Waals surface area (Å²) in [5.74, 6) is 0.951. The van der Waals surface area contributed by atoms with Crippen molar-refractivity contribution in [2.75, 3.05) is 13.2 Å². The third kappa shape index (κ3) is 5.35. The molecule has 0 saturated carbocycles. The molecule has 0 saturated heterocycles. The number of para-hydroxylation sites is 1. The summed E-state index contributed by atoms with van der Waals surface area (Å²) >= 11 is 1.83. The van der Waals surface area contributed by atoms with Crippen LogP contribution >= 0.6 is 11.3 Å². The predicted octanol–water partition coefficient (Wildman–Crippen LogP) is 4.13. The molecule has 2 rings (SSSR count). The van der Waals surface area contributed by atoms with Crippen molar-refractivity contribution in [1.82, 2.24) is 5.32 Å². The van der Waals surface area contributed by atoms with Gasteiger partial charge in [-0.25, -0.2) is 0 Å². The summed E-state index contributed by atoms with van der Waals surface area (Å²) in [6, 6.07) is 14.8. The SMILES string of the molecule is CCCNC(CCc1cccs1)COc1ccccc1. The van der Waals surface area contributed by atoms with Gasteiger partial charge >= 0.3 is 0 Å². The van der Waals surface area contributed by atoms with Gasteiger partial charge in [0, 0.05) is 10.9 Å². The first-order chi connectivity index (χ1) is 9.88. The Morgan fingerprint density at radius 3 is 2.70 bits per heavy atom. The first-order valence-corrected chi connectivity index (χ1v) is 8.20. The highest BCUT2D eigenvalue weighted by molar-refractivity contribution is 7.09. The van der Waals surface area contributed by atoms with E-state index in [9.17, 15) is 0 Å². The van der Waals surface area contributed by atoms with E-state index in [1.165, 1.54) is 4.88 Å². The smallest absolute Gasteiger partial charge is 0.119 e. The van der Waals surface area contributed by atoms with Crippen LogP contribution in [0.15, 0.2) is 47.8 Å². The third-order valence-electron chi connectivity index (χ3n) is 3.20. The second-order valence-corrected chi connectivity index (χ2v) is 5.93. The molecule has 2 nitrogen and oxygen atoms in total. The molecule has 2 aromatic rings. The number of hydrogen-bond donors (Lipinski definition) is 1. The Balaban J connectivity index is 1.80. The maximum Gasteiger partial charge on any atom is 0.119 e. The molecule has 1 aromatic carbocycles. The second-order valence-electron chi connectivity index (χ2n) is 4.89. The molecule has 0 aliphatic carbocycles. The maximum absolute atomic E-state index is 5.88. The van der Waals surface area contributed by atoms with Gasteiger partial charge in [-0.15, -0.1) is 11.3 Å². The Morgan fingerprint density at radius 2 is 2.00 bits per heavy atom. The first kappa shape index (κ1) is 15.1. The van der Waals surface area contributed by atoms with Crippen LogP contribution < -0.4 is 10.1 Å². The van der Waals surface area contributed by atoms with E-state index in [0.29, 0.717) is 6.04 Å². The van der Waals surface area contributed by atoms with Gasteiger partial charge in [0.1, 0.15) is 12.4 Å². The Kier molecular flexibility index (Phi) is 6.61. The predicted molar refractivity (Wildman–Crippen MR) is 86.7 cm³/mol. The van der Waals surface area contributed by atoms with E-state index in [0.717, 1.165) is 38.2 Å². The van der Waals surface area contributed by atoms with Crippen LogP contribution in [0.5, 0.6) is 5.75 Å². The minimum absolute atomic E-state index is 0.414. The molecule has 1 unspecified atom stereocenters. The Bertz CT molecular complexity index is 455. The lowest BCUT2D eigenvalue weighted by Crippen LogP contribution is -2.35. The average molecular weight is 289 g/mol. The molecule has 0 spiro atoms. The molecule has 108 valence electrons. The van der Waals surface area contributed by atoms with Crippen molar-refractivity contribution in [3.63, 3.8) is 0 Å². The zero-order chi connectivity index (χ0) is 14.0. The average Bonchev–Trinajstić information content (AvgIpc) is 3.01. The van der Waals surface area contributed by atoms with Crippen molar-refractivity contribution >= 4 is 11.3 Å². The summed E-state index contributed by atoms with van der Waals surface area (Å²) in [6.45, 7) is 3.98. The zero-order valence-corrected chi connectivity index (χ0v) is 12.9. The monoisotopic (exact) mass is 289 g/mol. The van der Waals surface area contributed by atoms with E-state index >= 15 is 0 Å². The molecule has 20 heavy (non-hydrogen) atoms. The first-order valence-electron chi connectivity index (χ1n) is 7.32. The molecule has 1 heterocycles. The van der Waals surface area contributed by atoms with Gasteiger partial charge in [0.2, 0.25) is 0 Å². The molecule has 0 radical (unpaired) electrons. The molecule has 0 amide bonds. The molecule has 0 fully saturated rings. The number of benzene rings is 1. The summed E-state index contributed by atoms with van der Waals surface area (Å²) < 4.78 is 5.88. The number of hydrogen-bond acceptors (Lipinski definition) is 3. The molecule has 1 atom stereocenters. The summed E-state index contributed by atoms with van der Waals surface area (Å²) in [7, 11) is 0. The number of ether oxygens (including phenoxy) is 1. The van der Waals surface area contributed by atoms with Gasteiger partial charge < -0.3 is 10.1 Å². The lowest BCUT2D eigenvalue weighted by atomic mass is 10.1. The lowest BCUT2D eigenvalue weighted by Gasteiger charge is -2.19. The summed E-state index contributed by atoms with van der Waals surface area (Å²) in [4.78, 5) is 1.45. The fourth-order valence-electron chi connectivity index (χ4n) is 2.08. The number of rotatable bonds is 9. The zero-order valence-electron chi connectivity index (χ0n) is 12.0. The minimum Gasteiger partial charge on any atom is -0.492 e. The third-order valence-corrected chi connectivity index (χ3v) is 4.13. The molecule has 0 bridgehead atoms. The van der Waals surface area contributed by atoms with Gasteiger partial charge in [-0.2, -0.15) is 0 Å². The maximum atomic E-state index is 5.88. The van der Waals surface area contributed by atoms with E-state index in [1.54, 1.807) is 0 Å². The summed E-state index contributed by atoms with van der Waals surface area (Å²) in [5, 5.41) is 5.72. The normalized spacial score (nSPS) is 12.2. The van der Waals surface area contributed by atoms with E-state index < -0.39 is 0 Å². The van der Waals surface area contributed by atoms with Gasteiger partial charge in [0.05, 0.1) is 0 Å². The van der Waals surface area contributed by atoms with Crippen LogP contribution in [0.4, 0.5) is 0 Å². The van der Waals surface area contributed by atoms with Crippen molar-refractivity contribution in [1.29, 1.82) is 0 Å². The largest absolute Gasteiger partial charge is 0.492 e. The van der Waals surface area contributed by atoms with Crippen LogP contribution in [-0.4, -0.2) is 19.2 Å². The Hall–Kier alpha value is -1.32. The van der Waals surface area contributed by atoms with Crippen LogP contribution in [-0.2, 0) is 6.42 Å². The van der Waals surface area contributed by atoms with Crippen molar-refractivity contribution < 1.29 is 4.74 Å². The van der Waals surface area contributed by atoms with Crippen LogP contribution in [0.2, 0.25) is 0 Å². The number of aryl methyl sites for hydroxylation is 1. The topological polar surface area (TPSA) is 21.3 Å². The highest BCUT2D eigenvalue weighted by atomic mass is 32.1. The van der Waals surface area contributed by atoms with Crippen molar-refractivity contribution in [3.05, 3.63) is 52.7 Å². The fraction of sp³-hybridized carbons (Fsp3) is 0.412. The molecule has 0 aliphatic heterocycles. The van der Waals surface area contributed by atoms with Gasteiger partial charge in [-0.1, -0.05) is 31.2 Å². The standard InChI is InChI=1S/C17H23NOS/c1-2-12-18-15(10-11-17-9-6-13-20-17)14-19-16-7-4-3-5-8-16/h3-9,13,15,18H,2,10-12,14H2,1H3. The van der Waals surface area contributed by atoms with Crippen molar-refractivity contribution in [2.24, 2.45) is 0 Å². The molecule has 3 heteroatoms. The van der Waals surface area contributed by atoms with Crippen LogP contribution in [0, 0.1) is 0 Å². The molecule has 0 aliphatic rings. The van der Waals surface area contributed by atoms with E-state index in [2.05, 4.69) is 29.8 Å². The van der Waals surface area contributed by atoms with Gasteiger partial charge in [-0.05, 0) is 49.4 Å². The van der Waals surface area contributed by atoms with Crippen molar-refractivity contribution in [2.45, 2.75) is 32.2 Å². The van der Waals surface area contributed by atoms with E-state index in [-0.39, 0.29) is 0 Å². The molecule has 1 aromatic heterocycles. The van der Waals surface area contributed by atoms with Gasteiger partial charge in [0.15, 0.2) is 0 Å². The van der Waals surface area contributed by atoms with Crippen LogP contribution in [0.1, 0.15) is 24.6 Å². The minimum atomic E-state index is 0.414. The van der Waals surface area contributed by atoms with Crippen molar-refractivity contribution in [3.8, 4) is 5.75 Å². The van der Waals surface area contributed by atoms with Crippen LogP contribution in [0.25, 0.3) is 0 Å². The highest BCUT2D eigenvalue weighted by Gasteiger charge is 2.09. The lowest BCUT2D eigenvalue weighted by molar-refractivity contribution is 0.257. The quantitative estimate of drug-likeness (QED) is 0.749. The van der Waals surface area contributed by atoms with E-state index in [4.69, 9.17) is 4.74 Å². The summed E-state index contributed by atoms with van der Waals surface area (Å²) in [5.41, 5.74) is 0. The number of thiophene rings is 1. The second kappa shape index (κ2) is 8.77. The summed E-state index contributed by atoms with van der Waals surface area (Å²) in [6.07, 6.45) is 3.39. The Labute approximate surface area is 125 Å². The highest BCUT2D eigenvalue weighted by Crippen LogP contribution is 2.14. The van der Waals surface area contributed by atoms with Gasteiger partial charge in [0.25, 0.3) is 0 Å². The Morgan fingerprint density at radius 1 is 1.15 bits per heavy atom. The van der Waals surface area contributed by atoms with Crippen LogP contribution in [0.3, 0.4) is 0 Å². The molecule has 1 N–H and O–H groups in total. The fourth-order valence-corrected chi connectivity index (χ4v) is 2.80. The van der Waals surface area contributed by atoms with E-state index in [1.807, 2.05) is 41.7 Å². The van der Waals surface area contributed by atoms with Gasteiger partial charge in [-0.3, -0.25) is 0 Å². The molecular formula is C17H23NOS. The molecular weight excluding hydrogens is 266 g/mol.